The van der Waals surface area contributed by atoms with Gasteiger partial charge >= 0.3 is 5.97 Å². The number of fused-ring (bicyclic) bond motifs is 1. The van der Waals surface area contributed by atoms with E-state index >= 15 is 0 Å². The second-order valence-electron chi connectivity index (χ2n) is 8.89. The number of unbranched alkanes of at least 4 members (excludes halogenated alkanes) is 3. The minimum absolute atomic E-state index is 0.423. The zero-order valence-electron chi connectivity index (χ0n) is 21.2. The Morgan fingerprint density at radius 2 is 1.45 bits per heavy atom. The van der Waals surface area contributed by atoms with E-state index in [1.807, 2.05) is 48.5 Å². The highest BCUT2D eigenvalue weighted by atomic mass is 16.5. The van der Waals surface area contributed by atoms with Crippen molar-refractivity contribution >= 4 is 34.6 Å². The van der Waals surface area contributed by atoms with Gasteiger partial charge in [0.2, 0.25) is 0 Å². The number of nitrogen functional groups attached to an aromatic ring is 1. The SMILES string of the molecule is Nc1ccc(NCc2ccc(OC(=O)c3ccc(OCCCCCCOC=O)cc3)cc2)c2ccccc12. The molecular weight excluding hydrogens is 480 g/mol. The molecule has 0 bridgehead atoms. The zero-order chi connectivity index (χ0) is 26.6. The topological polar surface area (TPSA) is 99.9 Å². The normalized spacial score (nSPS) is 10.6. The number of carbonyl (C=O) groups excluding carboxylic acids is 2. The van der Waals surface area contributed by atoms with Gasteiger partial charge in [-0.1, -0.05) is 36.4 Å². The van der Waals surface area contributed by atoms with Gasteiger partial charge in [-0.05, 0) is 79.8 Å². The molecule has 3 N–H and O–H groups in total. The van der Waals surface area contributed by atoms with E-state index < -0.39 is 5.97 Å². The van der Waals surface area contributed by atoms with E-state index in [4.69, 9.17) is 15.2 Å². The van der Waals surface area contributed by atoms with Crippen LogP contribution in [0.3, 0.4) is 0 Å². The summed E-state index contributed by atoms with van der Waals surface area (Å²) >= 11 is 0. The first-order valence-electron chi connectivity index (χ1n) is 12.7. The summed E-state index contributed by atoms with van der Waals surface area (Å²) < 4.78 is 15.9. The fourth-order valence-corrected chi connectivity index (χ4v) is 4.08. The monoisotopic (exact) mass is 512 g/mol. The quantitative estimate of drug-likeness (QED) is 0.0666. The van der Waals surface area contributed by atoms with E-state index in [0.717, 1.165) is 53.4 Å². The molecule has 0 aliphatic heterocycles. The Bertz CT molecular complexity index is 1340. The molecule has 0 saturated heterocycles. The van der Waals surface area contributed by atoms with Crippen LogP contribution in [-0.2, 0) is 16.1 Å². The summed E-state index contributed by atoms with van der Waals surface area (Å²) in [7, 11) is 0. The highest BCUT2D eigenvalue weighted by Gasteiger charge is 2.09. The fourth-order valence-electron chi connectivity index (χ4n) is 4.08. The number of rotatable bonds is 14. The Kier molecular flexibility index (Phi) is 9.56. The van der Waals surface area contributed by atoms with Gasteiger partial charge in [0.25, 0.3) is 6.47 Å². The Morgan fingerprint density at radius 3 is 2.18 bits per heavy atom. The third kappa shape index (κ3) is 7.49. The molecule has 0 aliphatic carbocycles. The Labute approximate surface area is 222 Å². The van der Waals surface area contributed by atoms with Crippen LogP contribution in [-0.4, -0.2) is 25.7 Å². The van der Waals surface area contributed by atoms with Crippen LogP contribution < -0.4 is 20.5 Å². The Morgan fingerprint density at radius 1 is 0.763 bits per heavy atom. The number of benzene rings is 4. The lowest BCUT2D eigenvalue weighted by molar-refractivity contribution is -0.128. The molecule has 7 heteroatoms. The molecular formula is C31H32N2O5. The first-order valence-corrected chi connectivity index (χ1v) is 12.7. The van der Waals surface area contributed by atoms with Gasteiger partial charge in [-0.15, -0.1) is 0 Å². The summed E-state index contributed by atoms with van der Waals surface area (Å²) in [5.74, 6) is 0.764. The molecule has 0 spiro atoms. The van der Waals surface area contributed by atoms with Crippen molar-refractivity contribution in [2.45, 2.75) is 32.2 Å². The molecule has 4 aromatic rings. The van der Waals surface area contributed by atoms with Crippen molar-refractivity contribution in [2.24, 2.45) is 0 Å². The predicted octanol–water partition coefficient (Wildman–Crippen LogP) is 6.37. The number of anilines is 2. The number of nitrogens with one attached hydrogen (secondary N) is 1. The van der Waals surface area contributed by atoms with Gasteiger partial charge < -0.3 is 25.3 Å². The molecule has 0 saturated carbocycles. The van der Waals surface area contributed by atoms with Crippen molar-refractivity contribution in [1.82, 2.24) is 0 Å². The van der Waals surface area contributed by atoms with Crippen LogP contribution in [0.25, 0.3) is 10.8 Å². The zero-order valence-corrected chi connectivity index (χ0v) is 21.2. The molecule has 38 heavy (non-hydrogen) atoms. The summed E-state index contributed by atoms with van der Waals surface area (Å²) in [6.07, 6.45) is 3.75. The molecule has 4 aromatic carbocycles. The largest absolute Gasteiger partial charge is 0.494 e. The van der Waals surface area contributed by atoms with Crippen LogP contribution in [0.4, 0.5) is 11.4 Å². The maximum atomic E-state index is 12.6. The third-order valence-electron chi connectivity index (χ3n) is 6.16. The lowest BCUT2D eigenvalue weighted by Crippen LogP contribution is -2.08. The highest BCUT2D eigenvalue weighted by molar-refractivity contribution is 6.01. The number of nitrogens with two attached hydrogens (primary N) is 1. The number of esters is 1. The van der Waals surface area contributed by atoms with Gasteiger partial charge in [0, 0.05) is 28.7 Å². The molecule has 0 unspecified atom stereocenters. The van der Waals surface area contributed by atoms with Gasteiger partial charge in [0.1, 0.15) is 11.5 Å². The molecule has 0 fully saturated rings. The van der Waals surface area contributed by atoms with Crippen molar-refractivity contribution in [1.29, 1.82) is 0 Å². The summed E-state index contributed by atoms with van der Waals surface area (Å²) in [5, 5.41) is 5.56. The molecule has 0 amide bonds. The summed E-state index contributed by atoms with van der Waals surface area (Å²) in [4.78, 5) is 22.7. The minimum atomic E-state index is -0.423. The van der Waals surface area contributed by atoms with Gasteiger partial charge in [-0.25, -0.2) is 4.79 Å². The number of carbonyl (C=O) groups is 2. The van der Waals surface area contributed by atoms with Crippen LogP contribution in [0.2, 0.25) is 0 Å². The standard InChI is InChI=1S/C31H32N2O5/c32-29-17-18-30(28-8-4-3-7-27(28)29)33-21-23-9-13-26(14-10-23)38-31(35)24-11-15-25(16-12-24)37-20-6-2-1-5-19-36-22-34/h3-4,7-18,22,33H,1-2,5-6,19-21,32H2. The Hall–Kier alpha value is -4.52. The van der Waals surface area contributed by atoms with Gasteiger partial charge in [-0.2, -0.15) is 0 Å². The fraction of sp³-hybridized carbons (Fsp3) is 0.226. The van der Waals surface area contributed by atoms with E-state index in [2.05, 4.69) is 10.1 Å². The number of ether oxygens (including phenoxy) is 3. The highest BCUT2D eigenvalue weighted by Crippen LogP contribution is 2.28. The van der Waals surface area contributed by atoms with E-state index in [0.29, 0.717) is 43.3 Å². The average molecular weight is 513 g/mol. The van der Waals surface area contributed by atoms with Gasteiger partial charge in [-0.3, -0.25) is 4.79 Å². The van der Waals surface area contributed by atoms with Crippen molar-refractivity contribution in [2.75, 3.05) is 24.3 Å². The lowest BCUT2D eigenvalue weighted by atomic mass is 10.1. The number of hydrogen-bond donors (Lipinski definition) is 2. The maximum absolute atomic E-state index is 12.6. The average Bonchev–Trinajstić information content (AvgIpc) is 2.95. The van der Waals surface area contributed by atoms with Crippen LogP contribution in [0.1, 0.15) is 41.6 Å². The molecule has 7 nitrogen and oxygen atoms in total. The van der Waals surface area contributed by atoms with Crippen LogP contribution in [0.15, 0.2) is 84.9 Å². The molecule has 0 radical (unpaired) electrons. The molecule has 0 atom stereocenters. The van der Waals surface area contributed by atoms with E-state index in [1.54, 1.807) is 36.4 Å². The van der Waals surface area contributed by atoms with Crippen LogP contribution >= 0.6 is 0 Å². The summed E-state index contributed by atoms with van der Waals surface area (Å²) in [6, 6.07) is 26.3. The van der Waals surface area contributed by atoms with E-state index in [-0.39, 0.29) is 0 Å². The number of hydrogen-bond acceptors (Lipinski definition) is 7. The van der Waals surface area contributed by atoms with Gasteiger partial charge in [0.15, 0.2) is 0 Å². The smallest absolute Gasteiger partial charge is 0.343 e. The summed E-state index contributed by atoms with van der Waals surface area (Å²) in [5.41, 5.74) is 9.37. The molecule has 4 rings (SSSR count). The predicted molar refractivity (Wildman–Crippen MR) is 150 cm³/mol. The lowest BCUT2D eigenvalue weighted by Gasteiger charge is -2.12. The van der Waals surface area contributed by atoms with Crippen molar-refractivity contribution in [3.05, 3.63) is 96.1 Å². The first-order chi connectivity index (χ1) is 18.6. The van der Waals surface area contributed by atoms with E-state index in [9.17, 15) is 9.59 Å². The third-order valence-corrected chi connectivity index (χ3v) is 6.16. The molecule has 0 aromatic heterocycles. The molecule has 0 heterocycles. The van der Waals surface area contributed by atoms with E-state index in [1.165, 1.54) is 0 Å². The van der Waals surface area contributed by atoms with Crippen molar-refractivity contribution < 1.29 is 23.8 Å². The van der Waals surface area contributed by atoms with Crippen molar-refractivity contribution in [3.8, 4) is 11.5 Å². The second kappa shape index (κ2) is 13.7. The Balaban J connectivity index is 1.22. The summed E-state index contributed by atoms with van der Waals surface area (Å²) in [6.45, 7) is 2.15. The van der Waals surface area contributed by atoms with Crippen LogP contribution in [0, 0.1) is 0 Å². The van der Waals surface area contributed by atoms with Gasteiger partial charge in [0.05, 0.1) is 18.8 Å². The minimum Gasteiger partial charge on any atom is -0.494 e. The first kappa shape index (κ1) is 26.5. The van der Waals surface area contributed by atoms with Crippen LogP contribution in [0.5, 0.6) is 11.5 Å². The maximum Gasteiger partial charge on any atom is 0.343 e. The van der Waals surface area contributed by atoms with Crippen molar-refractivity contribution in [3.63, 3.8) is 0 Å². The molecule has 0 aliphatic rings. The molecule has 196 valence electrons. The second-order valence-corrected chi connectivity index (χ2v) is 8.89.